The number of hydrogen-bond donors (Lipinski definition) is 0. The van der Waals surface area contributed by atoms with Gasteiger partial charge in [-0.1, -0.05) is 41.0 Å². The van der Waals surface area contributed by atoms with Gasteiger partial charge in [-0.05, 0) is 25.9 Å². The minimum Gasteiger partial charge on any atom is -0.309 e. The third-order valence-electron chi connectivity index (χ3n) is 2.27. The highest BCUT2D eigenvalue weighted by Crippen LogP contribution is 2.14. The van der Waals surface area contributed by atoms with E-state index < -0.39 is 0 Å². The molecule has 0 rings (SSSR count). The molecule has 0 aliphatic heterocycles. The van der Waals surface area contributed by atoms with Crippen molar-refractivity contribution in [3.8, 4) is 0 Å². The second-order valence-corrected chi connectivity index (χ2v) is 3.63. The molecular weight excluding hydrogens is 146 g/mol. The van der Waals surface area contributed by atoms with Gasteiger partial charge in [-0.2, -0.15) is 0 Å². The third kappa shape index (κ3) is 8.06. The summed E-state index contributed by atoms with van der Waals surface area (Å²) in [6.45, 7) is 12.1. The highest BCUT2D eigenvalue weighted by atomic mass is 15.1. The molecule has 0 bridgehead atoms. The summed E-state index contributed by atoms with van der Waals surface area (Å²) < 4.78 is 0. The molecule has 0 aliphatic rings. The fourth-order valence-electron chi connectivity index (χ4n) is 1.16. The molecule has 0 N–H and O–H groups in total. The van der Waals surface area contributed by atoms with E-state index in [2.05, 4.69) is 39.8 Å². The van der Waals surface area contributed by atoms with Gasteiger partial charge in [-0.15, -0.1) is 0 Å². The highest BCUT2D eigenvalue weighted by Gasteiger charge is 2.09. The van der Waals surface area contributed by atoms with Gasteiger partial charge < -0.3 is 4.90 Å². The first-order valence-corrected chi connectivity index (χ1v) is 5.22. The number of rotatable bonds is 4. The van der Waals surface area contributed by atoms with E-state index in [4.69, 9.17) is 0 Å². The summed E-state index contributed by atoms with van der Waals surface area (Å²) in [6, 6.07) is 0. The van der Waals surface area contributed by atoms with Crippen molar-refractivity contribution in [2.24, 2.45) is 11.8 Å². The molecule has 1 heteroatoms. The van der Waals surface area contributed by atoms with Crippen molar-refractivity contribution in [1.82, 2.24) is 4.90 Å². The van der Waals surface area contributed by atoms with Crippen molar-refractivity contribution < 1.29 is 0 Å². The van der Waals surface area contributed by atoms with Gasteiger partial charge in [0.2, 0.25) is 0 Å². The van der Waals surface area contributed by atoms with Crippen LogP contribution >= 0.6 is 0 Å². The molecule has 0 aromatic rings. The summed E-state index contributed by atoms with van der Waals surface area (Å²) in [5.74, 6) is 1.70. The SMILES string of the molecule is CC.CC[C@H](C)[C@H](C)CN(C)C. The van der Waals surface area contributed by atoms with Crippen molar-refractivity contribution in [1.29, 1.82) is 0 Å². The molecule has 0 radical (unpaired) electrons. The maximum Gasteiger partial charge on any atom is 0.000346 e. The third-order valence-corrected chi connectivity index (χ3v) is 2.27. The predicted octanol–water partition coefficient (Wildman–Crippen LogP) is 3.26. The van der Waals surface area contributed by atoms with E-state index in [-0.39, 0.29) is 0 Å². The lowest BCUT2D eigenvalue weighted by atomic mass is 9.93. The Bertz CT molecular complexity index is 79.1. The maximum atomic E-state index is 2.33. The van der Waals surface area contributed by atoms with Gasteiger partial charge in [-0.3, -0.25) is 0 Å². The van der Waals surface area contributed by atoms with E-state index in [1.807, 2.05) is 13.8 Å². The first-order chi connectivity index (χ1) is 5.57. The Morgan fingerprint density at radius 3 is 1.67 bits per heavy atom. The van der Waals surface area contributed by atoms with E-state index in [1.165, 1.54) is 13.0 Å². The molecule has 0 saturated carbocycles. The van der Waals surface area contributed by atoms with Crippen molar-refractivity contribution in [3.05, 3.63) is 0 Å². The molecule has 2 atom stereocenters. The van der Waals surface area contributed by atoms with Gasteiger partial charge in [0.1, 0.15) is 0 Å². The molecule has 0 fully saturated rings. The summed E-state index contributed by atoms with van der Waals surface area (Å²) in [6.07, 6.45) is 1.30. The van der Waals surface area contributed by atoms with Crippen LogP contribution < -0.4 is 0 Å². The van der Waals surface area contributed by atoms with Crippen LogP contribution in [0.5, 0.6) is 0 Å². The van der Waals surface area contributed by atoms with Crippen molar-refractivity contribution >= 4 is 0 Å². The monoisotopic (exact) mass is 173 g/mol. The van der Waals surface area contributed by atoms with E-state index in [9.17, 15) is 0 Å². The Morgan fingerprint density at radius 2 is 1.42 bits per heavy atom. The molecule has 1 nitrogen and oxygen atoms in total. The van der Waals surface area contributed by atoms with E-state index in [1.54, 1.807) is 0 Å². The Balaban J connectivity index is 0. The Morgan fingerprint density at radius 1 is 1.00 bits per heavy atom. The molecule has 12 heavy (non-hydrogen) atoms. The van der Waals surface area contributed by atoms with Crippen LogP contribution in [-0.4, -0.2) is 25.5 Å². The topological polar surface area (TPSA) is 3.24 Å². The van der Waals surface area contributed by atoms with Gasteiger partial charge >= 0.3 is 0 Å². The van der Waals surface area contributed by atoms with Gasteiger partial charge in [-0.25, -0.2) is 0 Å². The molecule has 0 unspecified atom stereocenters. The maximum absolute atomic E-state index is 2.33. The van der Waals surface area contributed by atoms with Crippen molar-refractivity contribution in [3.63, 3.8) is 0 Å². The lowest BCUT2D eigenvalue weighted by Gasteiger charge is -2.21. The summed E-state index contributed by atoms with van der Waals surface area (Å²) >= 11 is 0. The van der Waals surface area contributed by atoms with Gasteiger partial charge in [0.15, 0.2) is 0 Å². The fourth-order valence-corrected chi connectivity index (χ4v) is 1.16. The van der Waals surface area contributed by atoms with Crippen LogP contribution in [0.15, 0.2) is 0 Å². The summed E-state index contributed by atoms with van der Waals surface area (Å²) in [7, 11) is 4.28. The summed E-state index contributed by atoms with van der Waals surface area (Å²) in [4.78, 5) is 2.26. The molecule has 0 heterocycles. The van der Waals surface area contributed by atoms with Crippen LogP contribution in [0.25, 0.3) is 0 Å². The van der Waals surface area contributed by atoms with Crippen LogP contribution in [-0.2, 0) is 0 Å². The van der Waals surface area contributed by atoms with Crippen LogP contribution in [0, 0.1) is 11.8 Å². The van der Waals surface area contributed by atoms with E-state index in [0.717, 1.165) is 11.8 Å². The lowest BCUT2D eigenvalue weighted by molar-refractivity contribution is 0.270. The van der Waals surface area contributed by atoms with E-state index >= 15 is 0 Å². The second-order valence-electron chi connectivity index (χ2n) is 3.63. The standard InChI is InChI=1S/C9H21N.C2H6/c1-6-8(2)9(3)7-10(4)5;1-2/h8-9H,6-7H2,1-5H3;1-2H3/t8-,9+;/m0./s1. The smallest absolute Gasteiger partial charge is 0.000346 e. The predicted molar refractivity (Wildman–Crippen MR) is 58.5 cm³/mol. The average Bonchev–Trinajstić information content (AvgIpc) is 2.05. The minimum absolute atomic E-state index is 0.833. The first-order valence-electron chi connectivity index (χ1n) is 5.22. The van der Waals surface area contributed by atoms with Gasteiger partial charge in [0.05, 0.1) is 0 Å². The first kappa shape index (κ1) is 14.5. The highest BCUT2D eigenvalue weighted by molar-refractivity contribution is 4.62. The zero-order chi connectivity index (χ0) is 10.1. The number of nitrogens with zero attached hydrogens (tertiary/aromatic N) is 1. The molecular formula is C11H27N. The Labute approximate surface area is 79.2 Å². The summed E-state index contributed by atoms with van der Waals surface area (Å²) in [5, 5.41) is 0. The minimum atomic E-state index is 0.833. The second kappa shape index (κ2) is 9.05. The van der Waals surface area contributed by atoms with Gasteiger partial charge in [0.25, 0.3) is 0 Å². The quantitative estimate of drug-likeness (QED) is 0.631. The lowest BCUT2D eigenvalue weighted by Crippen LogP contribution is -2.23. The number of hydrogen-bond acceptors (Lipinski definition) is 1. The van der Waals surface area contributed by atoms with Crippen LogP contribution in [0.1, 0.15) is 41.0 Å². The molecule has 0 spiro atoms. The molecule has 0 saturated heterocycles. The van der Waals surface area contributed by atoms with Crippen LogP contribution in [0.2, 0.25) is 0 Å². The van der Waals surface area contributed by atoms with Gasteiger partial charge in [0, 0.05) is 6.54 Å². The fraction of sp³-hybridized carbons (Fsp3) is 1.00. The zero-order valence-electron chi connectivity index (χ0n) is 10.0. The average molecular weight is 173 g/mol. The molecule has 0 aliphatic carbocycles. The zero-order valence-corrected chi connectivity index (χ0v) is 10.0. The molecule has 0 aromatic carbocycles. The van der Waals surface area contributed by atoms with Crippen molar-refractivity contribution in [2.45, 2.75) is 41.0 Å². The largest absolute Gasteiger partial charge is 0.309 e. The normalized spacial score (nSPS) is 15.0. The van der Waals surface area contributed by atoms with Crippen molar-refractivity contribution in [2.75, 3.05) is 20.6 Å². The molecule has 0 amide bonds. The van der Waals surface area contributed by atoms with Crippen LogP contribution in [0.4, 0.5) is 0 Å². The molecule has 76 valence electrons. The Hall–Kier alpha value is -0.0400. The molecule has 0 aromatic heterocycles. The van der Waals surface area contributed by atoms with E-state index in [0.29, 0.717) is 0 Å². The summed E-state index contributed by atoms with van der Waals surface area (Å²) in [5.41, 5.74) is 0. The van der Waals surface area contributed by atoms with Crippen LogP contribution in [0.3, 0.4) is 0 Å². The Kier molecular flexibility index (Phi) is 10.9.